The van der Waals surface area contributed by atoms with Crippen LogP contribution in [0.15, 0.2) is 24.5 Å². The van der Waals surface area contributed by atoms with E-state index in [9.17, 15) is 4.79 Å². The highest BCUT2D eigenvalue weighted by Crippen LogP contribution is 2.40. The fourth-order valence-corrected chi connectivity index (χ4v) is 5.59. The standard InChI is InChI=1S/C24H38N4O2S/c1-5-27-15-11-19-21(17-27)31-23(28-13-6-7-14-28)22(19)20(10-9-18(2)3)26-24(29)25-12-8-16-30-4/h6-7,13-14,18,20H,5,8-12,15-17H2,1-4H3,(H2,25,26,29)/t20-/m0/s1. The zero-order valence-corrected chi connectivity index (χ0v) is 20.3. The van der Waals surface area contributed by atoms with Crippen LogP contribution < -0.4 is 10.6 Å². The van der Waals surface area contributed by atoms with Gasteiger partial charge in [-0.15, -0.1) is 11.3 Å². The van der Waals surface area contributed by atoms with E-state index < -0.39 is 0 Å². The maximum atomic E-state index is 12.7. The number of amides is 2. The number of aromatic nitrogens is 1. The molecule has 2 aromatic rings. The largest absolute Gasteiger partial charge is 0.385 e. The second-order valence-corrected chi connectivity index (χ2v) is 9.79. The van der Waals surface area contributed by atoms with Gasteiger partial charge in [0.1, 0.15) is 5.00 Å². The van der Waals surface area contributed by atoms with E-state index in [-0.39, 0.29) is 12.1 Å². The van der Waals surface area contributed by atoms with Gasteiger partial charge in [0.15, 0.2) is 0 Å². The number of nitrogens with zero attached hydrogens (tertiary/aromatic N) is 2. The molecule has 2 N–H and O–H groups in total. The smallest absolute Gasteiger partial charge is 0.315 e. The normalized spacial score (nSPS) is 15.1. The van der Waals surface area contributed by atoms with Crippen molar-refractivity contribution in [2.24, 2.45) is 5.92 Å². The van der Waals surface area contributed by atoms with Gasteiger partial charge in [-0.25, -0.2) is 4.79 Å². The zero-order chi connectivity index (χ0) is 22.2. The van der Waals surface area contributed by atoms with E-state index in [1.807, 2.05) is 11.3 Å². The molecule has 0 radical (unpaired) electrons. The summed E-state index contributed by atoms with van der Waals surface area (Å²) in [5, 5.41) is 7.58. The summed E-state index contributed by atoms with van der Waals surface area (Å²) in [5.74, 6) is 0.592. The Morgan fingerprint density at radius 3 is 2.71 bits per heavy atom. The van der Waals surface area contributed by atoms with Gasteiger partial charge in [0.2, 0.25) is 0 Å². The van der Waals surface area contributed by atoms with E-state index in [0.29, 0.717) is 19.1 Å². The van der Waals surface area contributed by atoms with Crippen molar-refractivity contribution in [1.29, 1.82) is 0 Å². The SMILES string of the molecule is CCN1CCc2c(sc(-n3cccc3)c2[C@H](CCC(C)C)NC(=O)NCCCOC)C1. The molecular weight excluding hydrogens is 408 g/mol. The Kier molecular flexibility index (Phi) is 8.99. The third kappa shape index (κ3) is 6.34. The van der Waals surface area contributed by atoms with Crippen LogP contribution in [0.25, 0.3) is 5.00 Å². The molecule has 0 bridgehead atoms. The summed E-state index contributed by atoms with van der Waals surface area (Å²) in [4.78, 5) is 16.7. The van der Waals surface area contributed by atoms with E-state index in [0.717, 1.165) is 45.3 Å². The number of rotatable bonds is 11. The fraction of sp³-hybridized carbons (Fsp3) is 0.625. The number of hydrogen-bond donors (Lipinski definition) is 2. The van der Waals surface area contributed by atoms with Crippen LogP contribution in [-0.2, 0) is 17.7 Å². The van der Waals surface area contributed by atoms with Crippen molar-refractivity contribution in [3.63, 3.8) is 0 Å². The van der Waals surface area contributed by atoms with E-state index in [1.54, 1.807) is 7.11 Å². The minimum atomic E-state index is -0.0886. The molecule has 0 saturated heterocycles. The Balaban J connectivity index is 1.89. The molecule has 1 atom stereocenters. The van der Waals surface area contributed by atoms with Crippen molar-refractivity contribution in [3.8, 4) is 5.00 Å². The summed E-state index contributed by atoms with van der Waals surface area (Å²) in [6.07, 6.45) is 8.11. The lowest BCUT2D eigenvalue weighted by molar-refractivity contribution is 0.193. The number of thiophene rings is 1. The van der Waals surface area contributed by atoms with Crippen LogP contribution in [0.4, 0.5) is 4.79 Å². The van der Waals surface area contributed by atoms with Gasteiger partial charge in [-0.05, 0) is 55.8 Å². The first-order chi connectivity index (χ1) is 15.0. The van der Waals surface area contributed by atoms with Gasteiger partial charge < -0.3 is 19.9 Å². The van der Waals surface area contributed by atoms with Crippen LogP contribution in [0.5, 0.6) is 0 Å². The molecular formula is C24H38N4O2S. The molecule has 172 valence electrons. The Labute approximate surface area is 191 Å². The molecule has 0 saturated carbocycles. The molecule has 7 heteroatoms. The maximum Gasteiger partial charge on any atom is 0.315 e. The highest BCUT2D eigenvalue weighted by atomic mass is 32.1. The molecule has 0 spiro atoms. The summed E-state index contributed by atoms with van der Waals surface area (Å²) in [6, 6.07) is 4.06. The molecule has 2 aromatic heterocycles. The molecule has 0 aliphatic carbocycles. The maximum absolute atomic E-state index is 12.7. The van der Waals surface area contributed by atoms with Crippen molar-refractivity contribution >= 4 is 17.4 Å². The highest BCUT2D eigenvalue weighted by molar-refractivity contribution is 7.15. The summed E-state index contributed by atoms with van der Waals surface area (Å²) >= 11 is 1.89. The summed E-state index contributed by atoms with van der Waals surface area (Å²) in [6.45, 7) is 11.2. The third-order valence-corrected chi connectivity index (χ3v) is 7.19. The molecule has 1 aliphatic rings. The lowest BCUT2D eigenvalue weighted by Crippen LogP contribution is -2.39. The van der Waals surface area contributed by atoms with Crippen LogP contribution in [0.3, 0.4) is 0 Å². The molecule has 3 heterocycles. The number of ether oxygens (including phenoxy) is 1. The molecule has 31 heavy (non-hydrogen) atoms. The molecule has 6 nitrogen and oxygen atoms in total. The fourth-order valence-electron chi connectivity index (χ4n) is 4.17. The average molecular weight is 447 g/mol. The summed E-state index contributed by atoms with van der Waals surface area (Å²) < 4.78 is 7.31. The van der Waals surface area contributed by atoms with Gasteiger partial charge >= 0.3 is 6.03 Å². The van der Waals surface area contributed by atoms with E-state index in [2.05, 4.69) is 65.4 Å². The van der Waals surface area contributed by atoms with Crippen LogP contribution in [0, 0.1) is 5.92 Å². The lowest BCUT2D eigenvalue weighted by atomic mass is 9.92. The molecule has 2 amide bonds. The van der Waals surface area contributed by atoms with E-state index in [1.165, 1.54) is 21.0 Å². The van der Waals surface area contributed by atoms with Gasteiger partial charge in [-0.2, -0.15) is 0 Å². The molecule has 0 aromatic carbocycles. The molecule has 3 rings (SSSR count). The van der Waals surface area contributed by atoms with E-state index >= 15 is 0 Å². The topological polar surface area (TPSA) is 58.5 Å². The Morgan fingerprint density at radius 2 is 2.03 bits per heavy atom. The highest BCUT2D eigenvalue weighted by Gasteiger charge is 2.29. The number of carbonyl (C=O) groups excluding carboxylic acids is 1. The van der Waals surface area contributed by atoms with Crippen molar-refractivity contribution < 1.29 is 9.53 Å². The number of nitrogens with one attached hydrogen (secondary N) is 2. The van der Waals surface area contributed by atoms with Gasteiger partial charge in [-0.1, -0.05) is 20.8 Å². The number of carbonyl (C=O) groups is 1. The third-order valence-electron chi connectivity index (χ3n) is 5.94. The minimum absolute atomic E-state index is 0.00963. The first-order valence-corrected chi connectivity index (χ1v) is 12.4. The van der Waals surface area contributed by atoms with Crippen molar-refractivity contribution in [3.05, 3.63) is 40.5 Å². The minimum Gasteiger partial charge on any atom is -0.385 e. The predicted molar refractivity (Wildman–Crippen MR) is 128 cm³/mol. The average Bonchev–Trinajstić information content (AvgIpc) is 3.41. The number of methoxy groups -OCH3 is 1. The van der Waals surface area contributed by atoms with Gasteiger partial charge in [-0.3, -0.25) is 4.90 Å². The van der Waals surface area contributed by atoms with E-state index in [4.69, 9.17) is 4.74 Å². The van der Waals surface area contributed by atoms with Gasteiger partial charge in [0.05, 0.1) is 6.04 Å². The molecule has 0 unspecified atom stereocenters. The van der Waals surface area contributed by atoms with Crippen LogP contribution in [0.2, 0.25) is 0 Å². The van der Waals surface area contributed by atoms with Crippen LogP contribution >= 0.6 is 11.3 Å². The first-order valence-electron chi connectivity index (χ1n) is 11.6. The number of fused-ring (bicyclic) bond motifs is 1. The number of hydrogen-bond acceptors (Lipinski definition) is 4. The lowest BCUT2D eigenvalue weighted by Gasteiger charge is -2.28. The second kappa shape index (κ2) is 11.7. The molecule has 1 aliphatic heterocycles. The van der Waals surface area contributed by atoms with Gasteiger partial charge in [0.25, 0.3) is 0 Å². The summed E-state index contributed by atoms with van der Waals surface area (Å²) in [7, 11) is 1.68. The van der Waals surface area contributed by atoms with Crippen LogP contribution in [-0.4, -0.2) is 48.8 Å². The quantitative estimate of drug-likeness (QED) is 0.491. The summed E-state index contributed by atoms with van der Waals surface area (Å²) in [5.41, 5.74) is 2.77. The van der Waals surface area contributed by atoms with Crippen molar-refractivity contribution in [1.82, 2.24) is 20.1 Å². The zero-order valence-electron chi connectivity index (χ0n) is 19.4. The Morgan fingerprint density at radius 1 is 1.26 bits per heavy atom. The van der Waals surface area contributed by atoms with Gasteiger partial charge in [0, 0.05) is 56.2 Å². The predicted octanol–water partition coefficient (Wildman–Crippen LogP) is 4.73. The number of urea groups is 1. The Bertz CT molecular complexity index is 816. The first kappa shape index (κ1) is 23.8. The monoisotopic (exact) mass is 446 g/mol. The Hall–Kier alpha value is -1.83. The number of likely N-dealkylation sites (N-methyl/N-ethyl adjacent to an activating group) is 1. The second-order valence-electron chi connectivity index (χ2n) is 8.70. The van der Waals surface area contributed by atoms with Crippen molar-refractivity contribution in [2.75, 3.05) is 33.4 Å². The molecule has 0 fully saturated rings. The van der Waals surface area contributed by atoms with Crippen molar-refractivity contribution in [2.45, 2.75) is 59.0 Å². The van der Waals surface area contributed by atoms with Crippen LogP contribution in [0.1, 0.15) is 62.1 Å².